The van der Waals surface area contributed by atoms with Crippen LogP contribution in [0.15, 0.2) is 57.3 Å². The van der Waals surface area contributed by atoms with Crippen LogP contribution < -0.4 is 9.62 Å². The molecule has 1 aliphatic rings. The summed E-state index contributed by atoms with van der Waals surface area (Å²) in [5, 5.41) is 10.4. The van der Waals surface area contributed by atoms with Crippen molar-refractivity contribution in [1.82, 2.24) is 10.2 Å². The summed E-state index contributed by atoms with van der Waals surface area (Å²) in [5.74, 6) is -0.396. The van der Waals surface area contributed by atoms with E-state index >= 15 is 0 Å². The summed E-state index contributed by atoms with van der Waals surface area (Å²) in [6.45, 7) is 1.86. The minimum atomic E-state index is -3.87. The minimum Gasteiger partial charge on any atom is -0.296 e. The van der Waals surface area contributed by atoms with Crippen LogP contribution in [0.5, 0.6) is 0 Å². The van der Waals surface area contributed by atoms with Crippen molar-refractivity contribution in [3.8, 4) is 0 Å². The highest BCUT2D eigenvalue weighted by Gasteiger charge is 2.38. The van der Waals surface area contributed by atoms with Crippen molar-refractivity contribution in [3.05, 3.63) is 64.1 Å². The van der Waals surface area contributed by atoms with Gasteiger partial charge in [-0.05, 0) is 53.0 Å². The average molecular weight is 479 g/mol. The third kappa shape index (κ3) is 3.31. The fraction of sp³-hybridized carbons (Fsp3) is 0.167. The number of amides is 1. The molecule has 1 atom stereocenters. The van der Waals surface area contributed by atoms with Gasteiger partial charge < -0.3 is 0 Å². The summed E-state index contributed by atoms with van der Waals surface area (Å²) >= 11 is 4.15. The number of nitrogens with one attached hydrogen (secondary N) is 1. The molecule has 0 radical (unpaired) electrons. The first-order valence-electron chi connectivity index (χ1n) is 8.39. The van der Waals surface area contributed by atoms with Crippen LogP contribution in [0.25, 0.3) is 0 Å². The van der Waals surface area contributed by atoms with Crippen LogP contribution in [0.2, 0.25) is 0 Å². The van der Waals surface area contributed by atoms with Crippen molar-refractivity contribution in [2.75, 3.05) is 9.62 Å². The monoisotopic (exact) mass is 478 g/mol. The molecular formula is C18H15BrN4O3S2. The van der Waals surface area contributed by atoms with Gasteiger partial charge in [-0.2, -0.15) is 8.42 Å². The van der Waals surface area contributed by atoms with Gasteiger partial charge in [0.25, 0.3) is 20.3 Å². The Balaban J connectivity index is 1.61. The molecule has 4 rings (SSSR count). The van der Waals surface area contributed by atoms with E-state index in [1.54, 1.807) is 30.3 Å². The number of sulfonamides is 1. The highest BCUT2D eigenvalue weighted by Crippen LogP contribution is 2.37. The molecule has 0 fully saturated rings. The second kappa shape index (κ2) is 7.26. The van der Waals surface area contributed by atoms with Gasteiger partial charge in [0.15, 0.2) is 0 Å². The van der Waals surface area contributed by atoms with Crippen LogP contribution in [0.3, 0.4) is 0 Å². The van der Waals surface area contributed by atoms with E-state index in [2.05, 4.69) is 31.4 Å². The standard InChI is InChI=1S/C18H15BrN4O3S2/c1-11-10-12-6-2-5-9-15(12)23(11)28(25,26)18-22-21-17(27-18)20-16(24)13-7-3-4-8-14(13)19/h2-9,11H,10H2,1H3,(H,20,21,24)/t11-/m0/s1. The van der Waals surface area contributed by atoms with Crippen LogP contribution in [-0.4, -0.2) is 30.6 Å². The molecule has 3 aromatic rings. The van der Waals surface area contributed by atoms with Gasteiger partial charge in [0.2, 0.25) is 5.13 Å². The third-order valence-electron chi connectivity index (χ3n) is 4.37. The van der Waals surface area contributed by atoms with Crippen molar-refractivity contribution in [1.29, 1.82) is 0 Å². The molecule has 0 saturated carbocycles. The second-order valence-corrected chi connectivity index (χ2v) is 10.1. The van der Waals surface area contributed by atoms with E-state index in [9.17, 15) is 13.2 Å². The van der Waals surface area contributed by atoms with Crippen molar-refractivity contribution in [2.24, 2.45) is 0 Å². The van der Waals surface area contributed by atoms with Crippen molar-refractivity contribution >= 4 is 54.0 Å². The largest absolute Gasteiger partial charge is 0.296 e. The molecule has 1 aliphatic heterocycles. The maximum absolute atomic E-state index is 13.1. The zero-order chi connectivity index (χ0) is 19.9. The molecule has 144 valence electrons. The molecule has 0 unspecified atom stereocenters. The quantitative estimate of drug-likeness (QED) is 0.577. The van der Waals surface area contributed by atoms with Gasteiger partial charge >= 0.3 is 0 Å². The zero-order valence-electron chi connectivity index (χ0n) is 14.7. The number of hydrogen-bond acceptors (Lipinski definition) is 6. The minimum absolute atomic E-state index is 0.125. The maximum atomic E-state index is 13.1. The zero-order valence-corrected chi connectivity index (χ0v) is 17.9. The van der Waals surface area contributed by atoms with Crippen molar-refractivity contribution in [2.45, 2.75) is 23.7 Å². The van der Waals surface area contributed by atoms with E-state index in [0.29, 0.717) is 22.1 Å². The smallest absolute Gasteiger partial charge is 0.293 e. The lowest BCUT2D eigenvalue weighted by Gasteiger charge is -2.22. The summed E-state index contributed by atoms with van der Waals surface area (Å²) in [6.07, 6.45) is 0.639. The lowest BCUT2D eigenvalue weighted by molar-refractivity contribution is 0.102. The second-order valence-electron chi connectivity index (χ2n) is 6.29. The Morgan fingerprint density at radius 2 is 1.89 bits per heavy atom. The number of carbonyl (C=O) groups is 1. The van der Waals surface area contributed by atoms with Crippen LogP contribution in [-0.2, 0) is 16.4 Å². The van der Waals surface area contributed by atoms with Gasteiger partial charge in [-0.3, -0.25) is 14.4 Å². The molecule has 28 heavy (non-hydrogen) atoms. The Hall–Kier alpha value is -2.30. The van der Waals surface area contributed by atoms with Crippen LogP contribution in [0, 0.1) is 0 Å². The molecule has 0 spiro atoms. The molecule has 1 amide bonds. The van der Waals surface area contributed by atoms with E-state index < -0.39 is 15.9 Å². The predicted octanol–water partition coefficient (Wildman–Crippen LogP) is 3.69. The fourth-order valence-corrected chi connectivity index (χ4v) is 6.30. The van der Waals surface area contributed by atoms with Gasteiger partial charge in [-0.25, -0.2) is 0 Å². The molecule has 0 bridgehead atoms. The topological polar surface area (TPSA) is 92.3 Å². The average Bonchev–Trinajstić information content (AvgIpc) is 3.26. The van der Waals surface area contributed by atoms with E-state index in [-0.39, 0.29) is 15.5 Å². The Morgan fingerprint density at radius 3 is 2.68 bits per heavy atom. The molecular weight excluding hydrogens is 464 g/mol. The van der Waals surface area contributed by atoms with E-state index in [1.807, 2.05) is 25.1 Å². The predicted molar refractivity (Wildman–Crippen MR) is 111 cm³/mol. The van der Waals surface area contributed by atoms with Gasteiger partial charge in [-0.15, -0.1) is 10.2 Å². The van der Waals surface area contributed by atoms with Crippen molar-refractivity contribution < 1.29 is 13.2 Å². The molecule has 2 heterocycles. The Kier molecular flexibility index (Phi) is 4.94. The van der Waals surface area contributed by atoms with Gasteiger partial charge in [-0.1, -0.05) is 41.7 Å². The molecule has 2 aromatic carbocycles. The lowest BCUT2D eigenvalue weighted by atomic mass is 10.1. The first-order chi connectivity index (χ1) is 13.4. The summed E-state index contributed by atoms with van der Waals surface area (Å²) < 4.78 is 28.1. The summed E-state index contributed by atoms with van der Waals surface area (Å²) in [5.41, 5.74) is 2.05. The third-order valence-corrected chi connectivity index (χ3v) is 8.17. The number of para-hydroxylation sites is 1. The Bertz CT molecular complexity index is 1160. The molecule has 0 saturated heterocycles. The van der Waals surface area contributed by atoms with Gasteiger partial charge in [0.05, 0.1) is 11.3 Å². The summed E-state index contributed by atoms with van der Waals surface area (Å²) in [4.78, 5) is 12.4. The summed E-state index contributed by atoms with van der Waals surface area (Å²) in [6, 6.07) is 14.1. The first-order valence-corrected chi connectivity index (χ1v) is 11.4. The number of nitrogens with zero attached hydrogens (tertiary/aromatic N) is 3. The molecule has 1 aromatic heterocycles. The number of aromatic nitrogens is 2. The fourth-order valence-electron chi connectivity index (χ4n) is 3.16. The van der Waals surface area contributed by atoms with E-state index in [4.69, 9.17) is 0 Å². The molecule has 10 heteroatoms. The SMILES string of the molecule is C[C@H]1Cc2ccccc2N1S(=O)(=O)c1nnc(NC(=O)c2ccccc2Br)s1. The first kappa shape index (κ1) is 19.0. The van der Waals surface area contributed by atoms with Crippen molar-refractivity contribution in [3.63, 3.8) is 0 Å². The van der Waals surface area contributed by atoms with E-state index in [1.165, 1.54) is 4.31 Å². The molecule has 7 nitrogen and oxygen atoms in total. The number of hydrogen-bond donors (Lipinski definition) is 1. The lowest BCUT2D eigenvalue weighted by Crippen LogP contribution is -2.35. The molecule has 0 aliphatic carbocycles. The number of fused-ring (bicyclic) bond motifs is 1. The molecule has 1 N–H and O–H groups in total. The van der Waals surface area contributed by atoms with Gasteiger partial charge in [0.1, 0.15) is 0 Å². The van der Waals surface area contributed by atoms with Crippen LogP contribution in [0.4, 0.5) is 10.8 Å². The van der Waals surface area contributed by atoms with Crippen LogP contribution in [0.1, 0.15) is 22.8 Å². The maximum Gasteiger partial charge on any atom is 0.293 e. The van der Waals surface area contributed by atoms with E-state index in [0.717, 1.165) is 16.9 Å². The summed E-state index contributed by atoms with van der Waals surface area (Å²) in [7, 11) is -3.87. The van der Waals surface area contributed by atoms with Gasteiger partial charge in [0, 0.05) is 10.5 Å². The van der Waals surface area contributed by atoms with Crippen LogP contribution >= 0.6 is 27.3 Å². The number of rotatable bonds is 4. The highest BCUT2D eigenvalue weighted by atomic mass is 79.9. The number of benzene rings is 2. The number of anilines is 2. The number of carbonyl (C=O) groups excluding carboxylic acids is 1. The highest BCUT2D eigenvalue weighted by molar-refractivity contribution is 9.10. The number of halogens is 1. The Morgan fingerprint density at radius 1 is 1.18 bits per heavy atom. The normalized spacial score (nSPS) is 16.1. The Labute approximate surface area is 174 Å².